The molecule has 27 heavy (non-hydrogen) atoms. The number of rotatable bonds is 5. The third kappa shape index (κ3) is 4.23. The van der Waals surface area contributed by atoms with Crippen molar-refractivity contribution in [3.8, 4) is 11.5 Å². The number of nitrogens with zero attached hydrogens (tertiary/aromatic N) is 2. The van der Waals surface area contributed by atoms with Crippen LogP contribution < -0.4 is 10.1 Å². The molecule has 0 spiro atoms. The van der Waals surface area contributed by atoms with E-state index < -0.39 is 12.0 Å². The minimum atomic E-state index is -0.705. The molecule has 1 aromatic carbocycles. The minimum absolute atomic E-state index is 0.154. The number of aromatic hydroxyl groups is 1. The number of hydrogen-bond donors (Lipinski definition) is 3. The molecule has 0 saturated carbocycles. The molecule has 1 aliphatic heterocycles. The van der Waals surface area contributed by atoms with Crippen molar-refractivity contribution in [2.45, 2.75) is 39.0 Å². The predicted octanol–water partition coefficient (Wildman–Crippen LogP) is 1.37. The van der Waals surface area contributed by atoms with Gasteiger partial charge in [-0.15, -0.1) is 0 Å². The topological polar surface area (TPSA) is 108 Å². The number of phenols is 1. The second-order valence-corrected chi connectivity index (χ2v) is 6.86. The molecule has 146 valence electrons. The number of aliphatic hydroxyl groups excluding tert-OH is 1. The summed E-state index contributed by atoms with van der Waals surface area (Å²) in [6.07, 6.45) is -0.101. The van der Waals surface area contributed by atoms with Crippen molar-refractivity contribution in [3.05, 3.63) is 40.8 Å². The molecule has 2 heterocycles. The van der Waals surface area contributed by atoms with Crippen LogP contribution in [0.5, 0.6) is 11.5 Å². The first-order valence-corrected chi connectivity index (χ1v) is 8.89. The average Bonchev–Trinajstić information content (AvgIpc) is 2.95. The fraction of sp³-hybridized carbons (Fsp3) is 0.474. The van der Waals surface area contributed by atoms with Gasteiger partial charge in [0.15, 0.2) is 0 Å². The molecule has 0 aliphatic carbocycles. The molecular weight excluding hydrogens is 350 g/mol. The number of likely N-dealkylation sites (tertiary alicyclic amines) is 1. The number of methoxy groups -OCH3 is 1. The summed E-state index contributed by atoms with van der Waals surface area (Å²) in [4.78, 5) is 14.6. The molecule has 2 atom stereocenters. The van der Waals surface area contributed by atoms with Crippen LogP contribution in [0, 0.1) is 13.8 Å². The first-order chi connectivity index (χ1) is 12.9. The summed E-state index contributed by atoms with van der Waals surface area (Å²) in [6.45, 7) is 5.58. The van der Waals surface area contributed by atoms with Crippen molar-refractivity contribution >= 4 is 5.91 Å². The van der Waals surface area contributed by atoms with Gasteiger partial charge in [0.2, 0.25) is 0 Å². The van der Waals surface area contributed by atoms with Crippen molar-refractivity contribution in [3.63, 3.8) is 0 Å². The SMILES string of the molecule is COc1ccc(C(=O)N[C@@H]2CCN(Cc3c(C)noc3C)C[C@H]2O)c(O)c1. The zero-order valence-corrected chi connectivity index (χ0v) is 15.7. The number of amides is 1. The molecule has 2 aromatic rings. The maximum Gasteiger partial charge on any atom is 0.255 e. The van der Waals surface area contributed by atoms with Crippen LogP contribution in [0.15, 0.2) is 22.7 Å². The Morgan fingerprint density at radius 2 is 2.22 bits per heavy atom. The van der Waals surface area contributed by atoms with Crippen molar-refractivity contribution in [1.82, 2.24) is 15.4 Å². The quantitative estimate of drug-likeness (QED) is 0.724. The van der Waals surface area contributed by atoms with Gasteiger partial charge in [-0.25, -0.2) is 0 Å². The van der Waals surface area contributed by atoms with E-state index in [1.165, 1.54) is 19.2 Å². The number of phenolic OH excluding ortho intramolecular Hbond substituents is 1. The highest BCUT2D eigenvalue weighted by Gasteiger charge is 2.30. The molecule has 1 saturated heterocycles. The van der Waals surface area contributed by atoms with E-state index >= 15 is 0 Å². The van der Waals surface area contributed by atoms with Gasteiger partial charge in [0.1, 0.15) is 17.3 Å². The van der Waals surface area contributed by atoms with Gasteiger partial charge in [0.25, 0.3) is 5.91 Å². The third-order valence-corrected chi connectivity index (χ3v) is 5.00. The van der Waals surface area contributed by atoms with Crippen LogP contribution in [-0.4, -0.2) is 58.5 Å². The molecule has 0 bridgehead atoms. The van der Waals surface area contributed by atoms with Gasteiger partial charge in [0.05, 0.1) is 30.5 Å². The molecular formula is C19H25N3O5. The number of carbonyl (C=O) groups is 1. The molecule has 8 nitrogen and oxygen atoms in total. The van der Waals surface area contributed by atoms with Crippen molar-refractivity contribution < 1.29 is 24.3 Å². The highest BCUT2D eigenvalue weighted by molar-refractivity contribution is 5.97. The van der Waals surface area contributed by atoms with Crippen molar-refractivity contribution in [2.24, 2.45) is 0 Å². The monoisotopic (exact) mass is 375 g/mol. The first-order valence-electron chi connectivity index (χ1n) is 8.89. The number of nitrogens with one attached hydrogen (secondary N) is 1. The lowest BCUT2D eigenvalue weighted by Crippen LogP contribution is -2.53. The number of benzene rings is 1. The number of β-amino-alcohol motifs (C(OH)–C–C–N with tert-alkyl or cyclic N) is 1. The number of ether oxygens (including phenoxy) is 1. The fourth-order valence-corrected chi connectivity index (χ4v) is 3.34. The van der Waals surface area contributed by atoms with Gasteiger partial charge in [0, 0.05) is 31.3 Å². The zero-order chi connectivity index (χ0) is 19.6. The fourth-order valence-electron chi connectivity index (χ4n) is 3.34. The summed E-state index contributed by atoms with van der Waals surface area (Å²) in [5.74, 6) is 0.680. The van der Waals surface area contributed by atoms with Gasteiger partial charge in [-0.1, -0.05) is 5.16 Å². The van der Waals surface area contributed by atoms with Gasteiger partial charge in [-0.2, -0.15) is 0 Å². The van der Waals surface area contributed by atoms with E-state index in [9.17, 15) is 15.0 Å². The summed E-state index contributed by atoms with van der Waals surface area (Å²) in [5.41, 5.74) is 2.04. The van der Waals surface area contributed by atoms with Gasteiger partial charge < -0.3 is 24.8 Å². The van der Waals surface area contributed by atoms with Gasteiger partial charge in [-0.3, -0.25) is 9.69 Å². The summed E-state index contributed by atoms with van der Waals surface area (Å²) in [7, 11) is 1.49. The normalized spacial score (nSPS) is 20.4. The van der Waals surface area contributed by atoms with Crippen LogP contribution in [0.3, 0.4) is 0 Å². The smallest absolute Gasteiger partial charge is 0.255 e. The standard InChI is InChI=1S/C19H25N3O5/c1-11-15(12(2)27-21-11)9-22-7-6-16(18(24)10-22)20-19(25)14-5-4-13(26-3)8-17(14)23/h4-5,8,16,18,23-24H,6-7,9-10H2,1-3H3,(H,20,25)/t16-,18-/m1/s1. The van der Waals surface area contributed by atoms with Gasteiger partial charge in [-0.05, 0) is 32.4 Å². The molecule has 0 radical (unpaired) electrons. The largest absolute Gasteiger partial charge is 0.507 e. The van der Waals surface area contributed by atoms with Crippen LogP contribution in [0.4, 0.5) is 0 Å². The molecule has 8 heteroatoms. The van der Waals surface area contributed by atoms with Gasteiger partial charge >= 0.3 is 0 Å². The first kappa shape index (κ1) is 19.2. The summed E-state index contributed by atoms with van der Waals surface area (Å²) < 4.78 is 10.2. The lowest BCUT2D eigenvalue weighted by Gasteiger charge is -2.36. The van der Waals surface area contributed by atoms with E-state index in [1.54, 1.807) is 6.07 Å². The van der Waals surface area contributed by atoms with Crippen LogP contribution in [0.2, 0.25) is 0 Å². The Morgan fingerprint density at radius 1 is 1.44 bits per heavy atom. The lowest BCUT2D eigenvalue weighted by atomic mass is 10.00. The van der Waals surface area contributed by atoms with E-state index in [0.717, 1.165) is 23.6 Å². The van der Waals surface area contributed by atoms with Crippen LogP contribution >= 0.6 is 0 Å². The highest BCUT2D eigenvalue weighted by Crippen LogP contribution is 2.24. The van der Waals surface area contributed by atoms with Crippen LogP contribution in [-0.2, 0) is 6.54 Å². The molecule has 1 aromatic heterocycles. The number of aliphatic hydroxyl groups is 1. The number of carbonyl (C=O) groups excluding carboxylic acids is 1. The molecule has 0 unspecified atom stereocenters. The van der Waals surface area contributed by atoms with Crippen LogP contribution in [0.1, 0.15) is 33.8 Å². The Bertz CT molecular complexity index is 800. The van der Waals surface area contributed by atoms with E-state index in [0.29, 0.717) is 25.3 Å². The molecule has 1 fully saturated rings. The Labute approximate surface area is 157 Å². The maximum atomic E-state index is 12.4. The number of hydrogen-bond acceptors (Lipinski definition) is 7. The zero-order valence-electron chi connectivity index (χ0n) is 15.7. The average molecular weight is 375 g/mol. The maximum absolute atomic E-state index is 12.4. The third-order valence-electron chi connectivity index (χ3n) is 5.00. The van der Waals surface area contributed by atoms with E-state index in [4.69, 9.17) is 9.26 Å². The molecule has 1 amide bonds. The molecule has 3 rings (SSSR count). The molecule has 3 N–H and O–H groups in total. The Kier molecular flexibility index (Phi) is 5.67. The minimum Gasteiger partial charge on any atom is -0.507 e. The Balaban J connectivity index is 1.59. The molecule has 1 aliphatic rings. The Hall–Kier alpha value is -2.58. The number of aryl methyl sites for hydroxylation is 2. The van der Waals surface area contributed by atoms with E-state index in [2.05, 4.69) is 15.4 Å². The van der Waals surface area contributed by atoms with Crippen LogP contribution in [0.25, 0.3) is 0 Å². The number of aromatic nitrogens is 1. The summed E-state index contributed by atoms with van der Waals surface area (Å²) >= 11 is 0. The number of piperidine rings is 1. The van der Waals surface area contributed by atoms with E-state index in [-0.39, 0.29) is 17.4 Å². The van der Waals surface area contributed by atoms with Crippen molar-refractivity contribution in [1.29, 1.82) is 0 Å². The van der Waals surface area contributed by atoms with E-state index in [1.807, 2.05) is 13.8 Å². The second-order valence-electron chi connectivity index (χ2n) is 6.86. The highest BCUT2D eigenvalue weighted by atomic mass is 16.5. The Morgan fingerprint density at radius 3 is 2.81 bits per heavy atom. The van der Waals surface area contributed by atoms with Crippen molar-refractivity contribution in [2.75, 3.05) is 20.2 Å². The summed E-state index contributed by atoms with van der Waals surface area (Å²) in [6, 6.07) is 4.12. The predicted molar refractivity (Wildman–Crippen MR) is 97.8 cm³/mol. The summed E-state index contributed by atoms with van der Waals surface area (Å²) in [5, 5.41) is 27.2. The lowest BCUT2D eigenvalue weighted by molar-refractivity contribution is 0.0347. The second kappa shape index (κ2) is 7.98.